The molecule has 1 amide bonds. The van der Waals surface area contributed by atoms with E-state index in [4.69, 9.17) is 0 Å². The number of fused-ring (bicyclic) bond motifs is 1. The second kappa shape index (κ2) is 9.24. The van der Waals surface area contributed by atoms with E-state index in [2.05, 4.69) is 26.0 Å². The topological polar surface area (TPSA) is 97.7 Å². The van der Waals surface area contributed by atoms with Crippen molar-refractivity contribution in [3.05, 3.63) is 75.0 Å². The molecular weight excluding hydrogens is 542 g/mol. The molecule has 0 aliphatic rings. The highest BCUT2D eigenvalue weighted by Gasteiger charge is 2.28. The molecule has 2 heterocycles. The Kier molecular flexibility index (Phi) is 6.52. The fourth-order valence-corrected chi connectivity index (χ4v) is 7.01. The van der Waals surface area contributed by atoms with Crippen LogP contribution >= 0.6 is 27.3 Å². The maximum absolute atomic E-state index is 13.2. The summed E-state index contributed by atoms with van der Waals surface area (Å²) in [5.41, 5.74) is 2.31. The van der Waals surface area contributed by atoms with E-state index < -0.39 is 21.9 Å². The quantitative estimate of drug-likeness (QED) is 0.339. The lowest BCUT2D eigenvalue weighted by Gasteiger charge is -2.19. The molecule has 2 aromatic carbocycles. The lowest BCUT2D eigenvalue weighted by Crippen LogP contribution is -2.26. The first-order valence-corrected chi connectivity index (χ1v) is 13.0. The molecule has 0 atom stereocenters. The molecule has 0 saturated heterocycles. The number of rotatable bonds is 6. The number of aromatic nitrogens is 1. The number of methoxy groups -OCH3 is 1. The molecule has 0 radical (unpaired) electrons. The maximum atomic E-state index is 13.2. The third kappa shape index (κ3) is 4.46. The summed E-state index contributed by atoms with van der Waals surface area (Å²) < 4.78 is 34.5. The average Bonchev–Trinajstić information content (AvgIpc) is 3.41. The fraction of sp³-hybridized carbons (Fsp3) is 0.130. The predicted molar refractivity (Wildman–Crippen MR) is 136 cm³/mol. The number of carbonyl (C=O) groups is 2. The Hall–Kier alpha value is -3.15. The van der Waals surface area contributed by atoms with Crippen LogP contribution in [0.2, 0.25) is 0 Å². The van der Waals surface area contributed by atoms with E-state index in [9.17, 15) is 18.0 Å². The first-order chi connectivity index (χ1) is 16.1. The number of halogens is 1. The van der Waals surface area contributed by atoms with Crippen LogP contribution in [0.1, 0.15) is 20.0 Å². The molecule has 2 aromatic heterocycles. The Labute approximate surface area is 208 Å². The zero-order valence-electron chi connectivity index (χ0n) is 18.4. The third-order valence-electron chi connectivity index (χ3n) is 5.31. The van der Waals surface area contributed by atoms with E-state index in [0.717, 1.165) is 26.5 Å². The van der Waals surface area contributed by atoms with Gasteiger partial charge in [0.2, 0.25) is 0 Å². The number of aryl methyl sites for hydroxylation is 1. The molecule has 176 valence electrons. The molecule has 34 heavy (non-hydrogen) atoms. The molecule has 0 aliphatic heterocycles. The van der Waals surface area contributed by atoms with Gasteiger partial charge < -0.3 is 14.6 Å². The number of esters is 1. The summed E-state index contributed by atoms with van der Waals surface area (Å²) in [6.07, 6.45) is 1.93. The average molecular weight is 562 g/mol. The van der Waals surface area contributed by atoms with Gasteiger partial charge in [-0.2, -0.15) is 0 Å². The summed E-state index contributed by atoms with van der Waals surface area (Å²) in [7, 11) is 0.642. The summed E-state index contributed by atoms with van der Waals surface area (Å²) in [5, 5.41) is 3.81. The van der Waals surface area contributed by atoms with Gasteiger partial charge in [-0.1, -0.05) is 0 Å². The summed E-state index contributed by atoms with van der Waals surface area (Å²) in [6, 6.07) is 14.9. The predicted octanol–water partition coefficient (Wildman–Crippen LogP) is 4.87. The summed E-state index contributed by atoms with van der Waals surface area (Å²) >= 11 is 4.32. The molecule has 0 bridgehead atoms. The van der Waals surface area contributed by atoms with Crippen molar-refractivity contribution in [3.8, 4) is 0 Å². The van der Waals surface area contributed by atoms with Gasteiger partial charge in [0.25, 0.3) is 15.9 Å². The second-order valence-electron chi connectivity index (χ2n) is 7.41. The lowest BCUT2D eigenvalue weighted by molar-refractivity contribution is 0.0600. The minimum Gasteiger partial charge on any atom is -0.465 e. The highest BCUT2D eigenvalue weighted by Crippen LogP contribution is 2.35. The molecule has 0 saturated carbocycles. The summed E-state index contributed by atoms with van der Waals surface area (Å²) in [4.78, 5) is 24.7. The second-order valence-corrected chi connectivity index (χ2v) is 11.7. The van der Waals surface area contributed by atoms with Crippen LogP contribution in [-0.2, 0) is 21.8 Å². The molecule has 4 aromatic rings. The Morgan fingerprint density at radius 1 is 1.09 bits per heavy atom. The van der Waals surface area contributed by atoms with E-state index in [1.54, 1.807) is 6.07 Å². The van der Waals surface area contributed by atoms with Crippen molar-refractivity contribution in [2.24, 2.45) is 7.05 Å². The van der Waals surface area contributed by atoms with Crippen LogP contribution in [0, 0.1) is 0 Å². The van der Waals surface area contributed by atoms with Gasteiger partial charge in [-0.15, -0.1) is 11.3 Å². The van der Waals surface area contributed by atoms with Crippen LogP contribution in [0.15, 0.2) is 69.5 Å². The Morgan fingerprint density at radius 3 is 2.47 bits per heavy atom. The smallest absolute Gasteiger partial charge is 0.337 e. The number of ether oxygens (including phenoxy) is 1. The molecule has 11 heteroatoms. The van der Waals surface area contributed by atoms with Gasteiger partial charge in [0.1, 0.15) is 4.90 Å². The van der Waals surface area contributed by atoms with Gasteiger partial charge in [-0.05, 0) is 70.5 Å². The number of nitrogens with one attached hydrogen (secondary N) is 1. The van der Waals surface area contributed by atoms with E-state index in [0.29, 0.717) is 20.7 Å². The monoisotopic (exact) mass is 561 g/mol. The fourth-order valence-electron chi connectivity index (χ4n) is 3.40. The van der Waals surface area contributed by atoms with E-state index in [1.807, 2.05) is 36.0 Å². The summed E-state index contributed by atoms with van der Waals surface area (Å²) in [5.74, 6) is -0.924. The Bertz CT molecular complexity index is 1510. The van der Waals surface area contributed by atoms with Crippen LogP contribution in [0.4, 0.5) is 11.4 Å². The SMILES string of the molecule is COC(=O)c1ccc(N(C)S(=O)(=O)c2cc(C(=O)Nc3ccc4c(ccn4C)c3)sc2Br)cc1. The molecular formula is C23H20BrN3O5S2. The van der Waals surface area contributed by atoms with Crippen LogP contribution < -0.4 is 9.62 Å². The Balaban J connectivity index is 1.56. The van der Waals surface area contributed by atoms with Crippen molar-refractivity contribution >= 4 is 71.4 Å². The molecule has 0 unspecified atom stereocenters. The number of nitrogens with zero attached hydrogens (tertiary/aromatic N) is 2. The van der Waals surface area contributed by atoms with Crippen molar-refractivity contribution in [3.63, 3.8) is 0 Å². The first-order valence-electron chi connectivity index (χ1n) is 9.95. The van der Waals surface area contributed by atoms with Crippen molar-refractivity contribution in [2.45, 2.75) is 4.90 Å². The largest absolute Gasteiger partial charge is 0.465 e. The van der Waals surface area contributed by atoms with Crippen LogP contribution in [0.25, 0.3) is 10.9 Å². The van der Waals surface area contributed by atoms with Crippen molar-refractivity contribution in [1.29, 1.82) is 0 Å². The number of hydrogen-bond acceptors (Lipinski definition) is 6. The van der Waals surface area contributed by atoms with Gasteiger partial charge in [-0.25, -0.2) is 13.2 Å². The normalized spacial score (nSPS) is 11.4. The van der Waals surface area contributed by atoms with Crippen molar-refractivity contribution in [1.82, 2.24) is 4.57 Å². The zero-order chi connectivity index (χ0) is 24.6. The minimum absolute atomic E-state index is 0.0271. The van der Waals surface area contributed by atoms with Gasteiger partial charge in [0.15, 0.2) is 0 Å². The lowest BCUT2D eigenvalue weighted by atomic mass is 10.2. The third-order valence-corrected chi connectivity index (χ3v) is 9.35. The molecule has 0 fully saturated rings. The summed E-state index contributed by atoms with van der Waals surface area (Å²) in [6.45, 7) is 0. The molecule has 4 rings (SSSR count). The van der Waals surface area contributed by atoms with Gasteiger partial charge >= 0.3 is 5.97 Å². The molecule has 1 N–H and O–H groups in total. The zero-order valence-corrected chi connectivity index (χ0v) is 21.6. The van der Waals surface area contributed by atoms with Gasteiger partial charge in [0.05, 0.1) is 27.0 Å². The van der Waals surface area contributed by atoms with Crippen LogP contribution in [0.3, 0.4) is 0 Å². The van der Waals surface area contributed by atoms with Gasteiger partial charge in [-0.3, -0.25) is 9.10 Å². The van der Waals surface area contributed by atoms with E-state index in [1.165, 1.54) is 44.5 Å². The number of hydrogen-bond donors (Lipinski definition) is 1. The van der Waals surface area contributed by atoms with E-state index >= 15 is 0 Å². The van der Waals surface area contributed by atoms with Crippen molar-refractivity contribution < 1.29 is 22.7 Å². The van der Waals surface area contributed by atoms with Crippen LogP contribution in [0.5, 0.6) is 0 Å². The number of thiophene rings is 1. The molecule has 8 nitrogen and oxygen atoms in total. The van der Waals surface area contributed by atoms with Crippen LogP contribution in [-0.4, -0.2) is 39.0 Å². The van der Waals surface area contributed by atoms with E-state index in [-0.39, 0.29) is 9.77 Å². The highest BCUT2D eigenvalue weighted by atomic mass is 79.9. The van der Waals surface area contributed by atoms with Gasteiger partial charge in [0, 0.05) is 36.9 Å². The highest BCUT2D eigenvalue weighted by molar-refractivity contribution is 9.11. The number of carbonyl (C=O) groups excluding carboxylic acids is 2. The number of sulfonamides is 1. The van der Waals surface area contributed by atoms with Crippen molar-refractivity contribution in [2.75, 3.05) is 23.8 Å². The molecule has 0 aliphatic carbocycles. The minimum atomic E-state index is -3.98. The first kappa shape index (κ1) is 24.0. The number of benzene rings is 2. The number of anilines is 2. The standard InChI is InChI=1S/C23H20BrN3O5S2/c1-26-11-10-15-12-16(6-9-18(15)26)25-22(28)19-13-20(21(24)33-19)34(30,31)27(2)17-7-4-14(5-8-17)23(29)32-3/h4-13H,1-3H3,(H,25,28). The molecule has 0 spiro atoms. The number of amides is 1. The maximum Gasteiger partial charge on any atom is 0.337 e. The Morgan fingerprint density at radius 2 is 1.79 bits per heavy atom.